The Morgan fingerprint density at radius 1 is 0.684 bits per heavy atom. The van der Waals surface area contributed by atoms with Gasteiger partial charge in [0.1, 0.15) is 0 Å². The van der Waals surface area contributed by atoms with Crippen molar-refractivity contribution in [2.24, 2.45) is 0 Å². The summed E-state index contributed by atoms with van der Waals surface area (Å²) < 4.78 is 0. The number of nitrogens with zero attached hydrogens (tertiary/aromatic N) is 2. The van der Waals surface area contributed by atoms with Crippen LogP contribution in [0.1, 0.15) is 86.2 Å². The van der Waals surface area contributed by atoms with E-state index in [0.29, 0.717) is 36.8 Å². The van der Waals surface area contributed by atoms with Gasteiger partial charge in [-0.15, -0.1) is 0 Å². The fourth-order valence-corrected chi connectivity index (χ4v) is 4.66. The van der Waals surface area contributed by atoms with E-state index >= 15 is 0 Å². The fraction of sp³-hybridized carbons (Fsp3) is 0.548. The van der Waals surface area contributed by atoms with Gasteiger partial charge in [-0.05, 0) is 90.5 Å². The van der Waals surface area contributed by atoms with Crippen molar-refractivity contribution < 1.29 is 24.9 Å². The topological polar surface area (TPSA) is 101 Å². The molecular weight excluding hydrogens is 480 g/mol. The first-order valence-electron chi connectivity index (χ1n) is 13.5. The molecule has 2 amide bonds. The van der Waals surface area contributed by atoms with Crippen molar-refractivity contribution in [2.75, 3.05) is 26.3 Å². The zero-order valence-electron chi connectivity index (χ0n) is 23.9. The number of amides is 2. The number of benzene rings is 2. The van der Waals surface area contributed by atoms with Gasteiger partial charge in [0, 0.05) is 35.3 Å². The second kappa shape index (κ2) is 13.9. The number of aryl methyl sites for hydroxylation is 2. The normalized spacial score (nSPS) is 12.1. The number of aliphatic hydroxyl groups excluding tert-OH is 3. The maximum Gasteiger partial charge on any atom is 0.254 e. The minimum Gasteiger partial charge on any atom is -0.395 e. The molecule has 38 heavy (non-hydrogen) atoms. The molecule has 0 spiro atoms. The lowest BCUT2D eigenvalue weighted by Crippen LogP contribution is -2.47. The highest BCUT2D eigenvalue weighted by Crippen LogP contribution is 2.23. The number of rotatable bonds is 12. The molecule has 0 fully saturated rings. The highest BCUT2D eigenvalue weighted by molar-refractivity contribution is 5.96. The van der Waals surface area contributed by atoms with Crippen LogP contribution in [0.2, 0.25) is 0 Å². The summed E-state index contributed by atoms with van der Waals surface area (Å²) in [7, 11) is 0. The van der Waals surface area contributed by atoms with Crippen LogP contribution in [-0.2, 0) is 12.8 Å². The average molecular weight is 527 g/mol. The number of carbonyl (C=O) groups is 2. The minimum atomic E-state index is -0.603. The number of carbonyl (C=O) groups excluding carboxylic acids is 2. The van der Waals surface area contributed by atoms with E-state index in [1.54, 1.807) is 21.9 Å². The van der Waals surface area contributed by atoms with Gasteiger partial charge in [0.2, 0.25) is 0 Å². The van der Waals surface area contributed by atoms with Crippen molar-refractivity contribution in [2.45, 2.75) is 84.4 Å². The Kier molecular flexibility index (Phi) is 11.5. The molecule has 0 aliphatic carbocycles. The van der Waals surface area contributed by atoms with Gasteiger partial charge in [-0.2, -0.15) is 0 Å². The summed E-state index contributed by atoms with van der Waals surface area (Å²) in [6, 6.07) is 14.9. The van der Waals surface area contributed by atoms with Gasteiger partial charge in [0.05, 0.1) is 19.3 Å². The largest absolute Gasteiger partial charge is 0.395 e. The molecule has 2 aromatic carbocycles. The van der Waals surface area contributed by atoms with Gasteiger partial charge in [-0.1, -0.05) is 36.4 Å². The SMILES string of the molecule is CC(C)(C)N(CCO)C(=O)c1ccccc1CCC(O)CCc1ccccc1C(=O)N(CCO)C(C)(C)C. The predicted molar refractivity (Wildman–Crippen MR) is 151 cm³/mol. The first kappa shape index (κ1) is 31.5. The lowest BCUT2D eigenvalue weighted by atomic mass is 9.94. The van der Waals surface area contributed by atoms with E-state index in [9.17, 15) is 24.9 Å². The molecule has 7 nitrogen and oxygen atoms in total. The second-order valence-corrected chi connectivity index (χ2v) is 11.7. The van der Waals surface area contributed by atoms with Gasteiger partial charge in [0.15, 0.2) is 0 Å². The van der Waals surface area contributed by atoms with Crippen molar-refractivity contribution in [1.29, 1.82) is 0 Å². The number of aliphatic hydroxyl groups is 3. The van der Waals surface area contributed by atoms with E-state index in [-0.39, 0.29) is 38.1 Å². The summed E-state index contributed by atoms with van der Waals surface area (Å²) in [6.07, 6.45) is 1.43. The smallest absolute Gasteiger partial charge is 0.254 e. The Hall–Kier alpha value is -2.74. The second-order valence-electron chi connectivity index (χ2n) is 11.7. The van der Waals surface area contributed by atoms with Crippen LogP contribution >= 0.6 is 0 Å². The molecule has 0 bridgehead atoms. The molecule has 0 unspecified atom stereocenters. The maximum absolute atomic E-state index is 13.3. The van der Waals surface area contributed by atoms with Crippen LogP contribution in [-0.4, -0.2) is 80.4 Å². The summed E-state index contributed by atoms with van der Waals surface area (Å²) in [5.74, 6) is -0.259. The van der Waals surface area contributed by atoms with Crippen molar-refractivity contribution in [3.8, 4) is 0 Å². The van der Waals surface area contributed by atoms with Crippen molar-refractivity contribution in [3.63, 3.8) is 0 Å². The molecule has 7 heteroatoms. The molecule has 210 valence electrons. The van der Waals surface area contributed by atoms with Gasteiger partial charge < -0.3 is 25.1 Å². The molecule has 0 saturated heterocycles. The Labute approximate surface area is 228 Å². The number of hydrogen-bond donors (Lipinski definition) is 3. The summed E-state index contributed by atoms with van der Waals surface area (Å²) in [5, 5.41) is 29.8. The van der Waals surface area contributed by atoms with Crippen LogP contribution < -0.4 is 0 Å². The van der Waals surface area contributed by atoms with Crippen molar-refractivity contribution >= 4 is 11.8 Å². The van der Waals surface area contributed by atoms with E-state index in [2.05, 4.69) is 0 Å². The van der Waals surface area contributed by atoms with Gasteiger partial charge >= 0.3 is 0 Å². The van der Waals surface area contributed by atoms with Crippen LogP contribution in [0.25, 0.3) is 0 Å². The molecule has 0 aliphatic rings. The minimum absolute atomic E-state index is 0.110. The molecule has 0 aliphatic heterocycles. The third kappa shape index (κ3) is 8.65. The monoisotopic (exact) mass is 526 g/mol. The molecule has 0 atom stereocenters. The molecular formula is C31H46N2O5. The van der Waals surface area contributed by atoms with E-state index in [1.165, 1.54) is 0 Å². The van der Waals surface area contributed by atoms with Crippen molar-refractivity contribution in [1.82, 2.24) is 9.80 Å². The predicted octanol–water partition coefficient (Wildman–Crippen LogP) is 4.08. The zero-order valence-corrected chi connectivity index (χ0v) is 23.9. The maximum atomic E-state index is 13.3. The molecule has 0 saturated carbocycles. The number of β-amino-alcohol motifs (C(OH)–C–C–N with tert-alkyl or cyclic N) is 2. The molecule has 2 aromatic rings. The van der Waals surface area contributed by atoms with Crippen LogP contribution in [0.4, 0.5) is 0 Å². The Balaban J connectivity index is 2.10. The lowest BCUT2D eigenvalue weighted by molar-refractivity contribution is 0.0518. The van der Waals surface area contributed by atoms with Crippen LogP contribution in [0.5, 0.6) is 0 Å². The average Bonchev–Trinajstić information content (AvgIpc) is 2.86. The van der Waals surface area contributed by atoms with Gasteiger partial charge in [-0.3, -0.25) is 9.59 Å². The van der Waals surface area contributed by atoms with Crippen LogP contribution in [0, 0.1) is 0 Å². The zero-order chi connectivity index (χ0) is 28.5. The number of hydrogen-bond acceptors (Lipinski definition) is 5. The van der Waals surface area contributed by atoms with Gasteiger partial charge in [0.25, 0.3) is 11.8 Å². The molecule has 0 radical (unpaired) electrons. The van der Waals surface area contributed by atoms with E-state index in [0.717, 1.165) is 11.1 Å². The van der Waals surface area contributed by atoms with Crippen LogP contribution in [0.15, 0.2) is 48.5 Å². The Morgan fingerprint density at radius 3 is 1.34 bits per heavy atom. The van der Waals surface area contributed by atoms with Crippen molar-refractivity contribution in [3.05, 3.63) is 70.8 Å². The standard InChI is InChI=1S/C31H46N2O5/c1-30(2,3)32(19-21-34)28(37)26-13-9-7-11-23(26)15-17-25(36)18-16-24-12-8-10-14-27(24)29(38)33(20-22-35)31(4,5)6/h7-14,25,34-36H,15-22H2,1-6H3. The summed E-state index contributed by atoms with van der Waals surface area (Å²) >= 11 is 0. The highest BCUT2D eigenvalue weighted by atomic mass is 16.3. The molecule has 0 aromatic heterocycles. The molecule has 2 rings (SSSR count). The van der Waals surface area contributed by atoms with Crippen LogP contribution in [0.3, 0.4) is 0 Å². The van der Waals surface area contributed by atoms with E-state index in [4.69, 9.17) is 0 Å². The molecule has 0 heterocycles. The lowest BCUT2D eigenvalue weighted by Gasteiger charge is -2.36. The fourth-order valence-electron chi connectivity index (χ4n) is 4.66. The summed E-state index contributed by atoms with van der Waals surface area (Å²) in [4.78, 5) is 30.0. The van der Waals surface area contributed by atoms with E-state index < -0.39 is 17.2 Å². The first-order valence-corrected chi connectivity index (χ1v) is 13.5. The first-order chi connectivity index (χ1) is 17.8. The third-order valence-electron chi connectivity index (χ3n) is 6.75. The Bertz CT molecular complexity index is 971. The van der Waals surface area contributed by atoms with E-state index in [1.807, 2.05) is 77.9 Å². The third-order valence-corrected chi connectivity index (χ3v) is 6.75. The Morgan fingerprint density at radius 2 is 1.03 bits per heavy atom. The highest BCUT2D eigenvalue weighted by Gasteiger charge is 2.29. The molecule has 3 N–H and O–H groups in total. The quantitative estimate of drug-likeness (QED) is 0.387. The van der Waals surface area contributed by atoms with Gasteiger partial charge in [-0.25, -0.2) is 0 Å². The summed E-state index contributed by atoms with van der Waals surface area (Å²) in [6.45, 7) is 12.0. The summed E-state index contributed by atoms with van der Waals surface area (Å²) in [5.41, 5.74) is 2.04.